The van der Waals surface area contributed by atoms with Crippen molar-refractivity contribution in [1.82, 2.24) is 0 Å². The van der Waals surface area contributed by atoms with E-state index in [1.54, 1.807) is 0 Å². The minimum absolute atomic E-state index is 0.636. The second-order valence-corrected chi connectivity index (χ2v) is 18.0. The van der Waals surface area contributed by atoms with Crippen molar-refractivity contribution in [1.29, 1.82) is 0 Å². The monoisotopic (exact) mass is 654 g/mol. The Morgan fingerprint density at radius 2 is 0.976 bits per heavy atom. The summed E-state index contributed by atoms with van der Waals surface area (Å²) in [4.78, 5) is 1.77. The molecule has 41 heavy (non-hydrogen) atoms. The molecule has 0 N–H and O–H groups in total. The van der Waals surface area contributed by atoms with E-state index in [4.69, 9.17) is 39.5 Å². The number of benzene rings is 2. The summed E-state index contributed by atoms with van der Waals surface area (Å²) in [6, 6.07) is 15.6. The number of hydrogen-bond acceptors (Lipinski definition) is 6. The number of hydrogen-bond donors (Lipinski definition) is 0. The molecular formula is C34H28O4S2Zr. The van der Waals surface area contributed by atoms with Crippen molar-refractivity contribution in [2.24, 2.45) is 0 Å². The third kappa shape index (κ3) is 6.43. The maximum atomic E-state index is 7.19. The van der Waals surface area contributed by atoms with Gasteiger partial charge in [-0.2, -0.15) is 0 Å². The Kier molecular flexibility index (Phi) is 8.57. The van der Waals surface area contributed by atoms with Crippen molar-refractivity contribution in [3.05, 3.63) is 140 Å². The number of ether oxygens (including phenoxy) is 2. The molecule has 4 aliphatic carbocycles. The fourth-order valence-corrected chi connectivity index (χ4v) is 13.4. The molecule has 4 nitrogen and oxygen atoms in total. The molecule has 0 spiro atoms. The van der Waals surface area contributed by atoms with Gasteiger partial charge in [0.2, 0.25) is 0 Å². The van der Waals surface area contributed by atoms with Gasteiger partial charge in [0.15, 0.2) is 0 Å². The van der Waals surface area contributed by atoms with Gasteiger partial charge in [0.25, 0.3) is 0 Å². The minimum atomic E-state index is -4.36. The zero-order valence-corrected chi connectivity index (χ0v) is 26.4. The summed E-state index contributed by atoms with van der Waals surface area (Å²) in [6.45, 7) is 0. The van der Waals surface area contributed by atoms with Crippen LogP contribution in [0.1, 0.15) is 25.7 Å². The van der Waals surface area contributed by atoms with Gasteiger partial charge in [-0.3, -0.25) is 0 Å². The molecule has 0 fully saturated rings. The van der Waals surface area contributed by atoms with Crippen LogP contribution in [0.5, 0.6) is 23.0 Å². The van der Waals surface area contributed by atoms with Gasteiger partial charge in [-0.15, -0.1) is 0 Å². The third-order valence-electron chi connectivity index (χ3n) is 6.93. The summed E-state index contributed by atoms with van der Waals surface area (Å²) in [6.07, 6.45) is 27.3. The molecule has 2 aromatic carbocycles. The van der Waals surface area contributed by atoms with E-state index in [2.05, 4.69) is 36.5 Å². The summed E-state index contributed by atoms with van der Waals surface area (Å²) in [5.74, 6) is 4.06. The Labute approximate surface area is 257 Å². The van der Waals surface area contributed by atoms with Crippen LogP contribution >= 0.6 is 24.4 Å². The van der Waals surface area contributed by atoms with Crippen LogP contribution in [0.2, 0.25) is 0 Å². The van der Waals surface area contributed by atoms with Crippen LogP contribution in [-0.2, 0) is 21.1 Å². The predicted molar refractivity (Wildman–Crippen MR) is 168 cm³/mol. The number of allylic oxidation sites excluding steroid dienone is 14. The molecule has 0 amide bonds. The molecule has 0 saturated carbocycles. The number of para-hydroxylation sites is 4. The second kappa shape index (κ2) is 12.6. The molecule has 0 atom stereocenters. The Morgan fingerprint density at radius 1 is 0.537 bits per heavy atom. The molecule has 7 heteroatoms. The van der Waals surface area contributed by atoms with E-state index in [0.717, 1.165) is 34.1 Å². The fraction of sp³-hybridized carbons (Fsp3) is 0.118. The number of rotatable bonds is 10. The van der Waals surface area contributed by atoms with Crippen molar-refractivity contribution in [2.45, 2.75) is 25.7 Å². The van der Waals surface area contributed by atoms with Crippen LogP contribution in [0, 0.1) is 0 Å². The van der Waals surface area contributed by atoms with Crippen LogP contribution in [-0.4, -0.2) is 9.73 Å². The quantitative estimate of drug-likeness (QED) is 0.238. The van der Waals surface area contributed by atoms with E-state index < -0.39 is 21.1 Å². The number of thiocarbonyl (C=S) groups is 2. The van der Waals surface area contributed by atoms with Crippen molar-refractivity contribution in [3.63, 3.8) is 0 Å². The van der Waals surface area contributed by atoms with Crippen LogP contribution in [0.15, 0.2) is 140 Å². The van der Waals surface area contributed by atoms with E-state index in [1.165, 1.54) is 6.56 Å². The molecule has 0 heterocycles. The summed E-state index contributed by atoms with van der Waals surface area (Å²) in [7, 11) is 0. The average Bonchev–Trinajstić information content (AvgIpc) is 3.73. The van der Waals surface area contributed by atoms with Gasteiger partial charge in [-0.05, 0) is 0 Å². The van der Waals surface area contributed by atoms with Crippen LogP contribution in [0.4, 0.5) is 0 Å². The predicted octanol–water partition coefficient (Wildman–Crippen LogP) is 9.00. The molecule has 0 bridgehead atoms. The van der Waals surface area contributed by atoms with E-state index in [1.807, 2.05) is 85.0 Å². The van der Waals surface area contributed by atoms with Gasteiger partial charge < -0.3 is 0 Å². The summed E-state index contributed by atoms with van der Waals surface area (Å²) in [5.41, 5.74) is 0. The van der Waals surface area contributed by atoms with Gasteiger partial charge in [0.1, 0.15) is 0 Å². The van der Waals surface area contributed by atoms with Gasteiger partial charge in [-0.1, -0.05) is 0 Å². The average molecular weight is 656 g/mol. The second-order valence-electron chi connectivity index (χ2n) is 9.79. The molecular weight excluding hydrogens is 628 g/mol. The Hall–Kier alpha value is -3.38. The maximum absolute atomic E-state index is 7.19. The first-order chi connectivity index (χ1) is 20.1. The fourth-order valence-electron chi connectivity index (χ4n) is 4.85. The Balaban J connectivity index is 1.39. The van der Waals surface area contributed by atoms with Gasteiger partial charge >= 0.3 is 259 Å². The van der Waals surface area contributed by atoms with Crippen LogP contribution < -0.4 is 15.1 Å². The summed E-state index contributed by atoms with van der Waals surface area (Å²) in [5, 5.41) is 0. The standard InChI is InChI=1S/2C12H10O2S.2C5H5.Zr/c2*13-11-3-1-2-4-12(11)14-9-5-7-10(15)8-6-9;2*1-2-4-5-3-1;/h2*1-7,13H,8H2;2*1-3H,4H2;/q;;;;+2/p-2. The third-order valence-corrected chi connectivity index (χ3v) is 16.0. The first-order valence-corrected chi connectivity index (χ1v) is 18.8. The Morgan fingerprint density at radius 3 is 1.34 bits per heavy atom. The molecule has 0 aliphatic heterocycles. The van der Waals surface area contributed by atoms with E-state index in [-0.39, 0.29) is 0 Å². The SMILES string of the molecule is S=C1C=CC(Oc2ccccc2[O][Zr]([O]c2ccccc2OC2=CCC(=S)C=C2)([C]2=CC=CC2)[C]2=CC=CC2)=CC1. The molecule has 204 valence electrons. The summed E-state index contributed by atoms with van der Waals surface area (Å²) < 4.78 is 29.4. The topological polar surface area (TPSA) is 36.9 Å². The molecule has 2 aromatic rings. The van der Waals surface area contributed by atoms with E-state index in [0.29, 0.717) is 35.8 Å². The zero-order chi connectivity index (χ0) is 28.1. The van der Waals surface area contributed by atoms with Crippen molar-refractivity contribution in [2.75, 3.05) is 0 Å². The van der Waals surface area contributed by atoms with Crippen molar-refractivity contribution < 1.29 is 36.2 Å². The molecule has 4 aliphatic rings. The van der Waals surface area contributed by atoms with Gasteiger partial charge in [-0.25, -0.2) is 0 Å². The molecule has 0 saturated heterocycles. The summed E-state index contributed by atoms with van der Waals surface area (Å²) >= 11 is 6.25. The first kappa shape index (κ1) is 27.8. The van der Waals surface area contributed by atoms with E-state index in [9.17, 15) is 0 Å². The van der Waals surface area contributed by atoms with E-state index >= 15 is 0 Å². The van der Waals surface area contributed by atoms with Crippen LogP contribution in [0.3, 0.4) is 0 Å². The van der Waals surface area contributed by atoms with Crippen LogP contribution in [0.25, 0.3) is 0 Å². The first-order valence-electron chi connectivity index (χ1n) is 13.6. The molecule has 0 unspecified atom stereocenters. The molecule has 0 aromatic heterocycles. The molecule has 6 rings (SSSR count). The zero-order valence-electron chi connectivity index (χ0n) is 22.3. The Bertz CT molecular complexity index is 1520. The molecule has 0 radical (unpaired) electrons. The van der Waals surface area contributed by atoms with Crippen molar-refractivity contribution >= 4 is 34.2 Å². The normalized spacial score (nSPS) is 17.7. The van der Waals surface area contributed by atoms with Gasteiger partial charge in [0.05, 0.1) is 0 Å². The van der Waals surface area contributed by atoms with Crippen molar-refractivity contribution in [3.8, 4) is 23.0 Å². The van der Waals surface area contributed by atoms with Gasteiger partial charge in [0, 0.05) is 0 Å².